The van der Waals surface area contributed by atoms with Crippen molar-refractivity contribution in [1.82, 2.24) is 20.4 Å². The van der Waals surface area contributed by atoms with E-state index in [2.05, 4.69) is 15.7 Å². The predicted octanol–water partition coefficient (Wildman–Crippen LogP) is 3.38. The Bertz CT molecular complexity index is 1130. The molecule has 0 saturated carbocycles. The summed E-state index contributed by atoms with van der Waals surface area (Å²) in [4.78, 5) is 36.4. The zero-order valence-corrected chi connectivity index (χ0v) is 18.5. The number of urea groups is 1. The van der Waals surface area contributed by atoms with Crippen molar-refractivity contribution in [2.24, 2.45) is 0 Å². The summed E-state index contributed by atoms with van der Waals surface area (Å²) < 4.78 is 6.75. The lowest BCUT2D eigenvalue weighted by atomic mass is 10.2. The number of ether oxygens (including phenoxy) is 1. The quantitative estimate of drug-likeness (QED) is 0.533. The normalized spacial score (nSPS) is 10.5. The van der Waals surface area contributed by atoms with Crippen LogP contribution in [0.3, 0.4) is 0 Å². The van der Waals surface area contributed by atoms with Crippen molar-refractivity contribution in [3.8, 4) is 0 Å². The van der Waals surface area contributed by atoms with Crippen LogP contribution in [0.25, 0.3) is 0 Å². The second-order valence-electron chi connectivity index (χ2n) is 7.09. The molecule has 9 heteroatoms. The van der Waals surface area contributed by atoms with Gasteiger partial charge in [0, 0.05) is 11.6 Å². The summed E-state index contributed by atoms with van der Waals surface area (Å²) in [6.07, 6.45) is 0. The van der Waals surface area contributed by atoms with E-state index in [-0.39, 0.29) is 12.1 Å². The summed E-state index contributed by atoms with van der Waals surface area (Å²) in [6.45, 7) is 3.49. The lowest BCUT2D eigenvalue weighted by Gasteiger charge is -2.09. The summed E-state index contributed by atoms with van der Waals surface area (Å²) in [6, 6.07) is 16.0. The fourth-order valence-electron chi connectivity index (χ4n) is 3.12. The molecule has 0 aliphatic rings. The van der Waals surface area contributed by atoms with Gasteiger partial charge in [0.15, 0.2) is 6.61 Å². The molecule has 166 valence electrons. The molecule has 3 rings (SSSR count). The zero-order valence-electron chi connectivity index (χ0n) is 17.7. The molecule has 32 heavy (non-hydrogen) atoms. The Morgan fingerprint density at radius 1 is 1.03 bits per heavy atom. The van der Waals surface area contributed by atoms with Crippen molar-refractivity contribution >= 4 is 29.5 Å². The van der Waals surface area contributed by atoms with E-state index in [4.69, 9.17) is 16.3 Å². The molecule has 0 fully saturated rings. The molecule has 0 aliphatic heterocycles. The van der Waals surface area contributed by atoms with Crippen LogP contribution in [-0.4, -0.2) is 34.3 Å². The van der Waals surface area contributed by atoms with Gasteiger partial charge in [-0.05, 0) is 31.0 Å². The molecular weight excluding hydrogens is 432 g/mol. The van der Waals surface area contributed by atoms with Crippen LogP contribution < -0.4 is 10.6 Å². The summed E-state index contributed by atoms with van der Waals surface area (Å²) >= 11 is 6.21. The number of aromatic nitrogens is 2. The highest BCUT2D eigenvalue weighted by Crippen LogP contribution is 2.20. The minimum atomic E-state index is -0.734. The van der Waals surface area contributed by atoms with Gasteiger partial charge in [0.2, 0.25) is 0 Å². The maximum Gasteiger partial charge on any atom is 0.342 e. The van der Waals surface area contributed by atoms with E-state index in [1.807, 2.05) is 48.5 Å². The third-order valence-electron chi connectivity index (χ3n) is 4.75. The number of esters is 1. The Hall–Kier alpha value is -3.65. The van der Waals surface area contributed by atoms with E-state index in [1.54, 1.807) is 24.6 Å². The molecule has 2 aromatic carbocycles. The molecule has 0 bridgehead atoms. The molecule has 2 N–H and O–H groups in total. The molecule has 3 amide bonds. The standard InChI is InChI=1S/C23H23ClN4O4/c1-15-21(16(2)28(27-15)13-18-10-6-7-11-19(18)24)22(30)32-14-20(29)26-23(31)25-12-17-8-4-3-5-9-17/h3-11H,12-14H2,1-2H3,(H2,25,26,29,31). The fraction of sp³-hybridized carbons (Fsp3) is 0.217. The molecule has 0 aliphatic carbocycles. The van der Waals surface area contributed by atoms with Crippen molar-refractivity contribution < 1.29 is 19.1 Å². The first-order valence-electron chi connectivity index (χ1n) is 9.91. The summed E-state index contributed by atoms with van der Waals surface area (Å²) in [5.74, 6) is -1.42. The maximum atomic E-state index is 12.5. The second-order valence-corrected chi connectivity index (χ2v) is 7.49. The van der Waals surface area contributed by atoms with Crippen LogP contribution in [0.4, 0.5) is 4.79 Å². The van der Waals surface area contributed by atoms with Crippen molar-refractivity contribution in [3.05, 3.63) is 87.7 Å². The average molecular weight is 455 g/mol. The number of halogens is 1. The minimum absolute atomic E-state index is 0.267. The maximum absolute atomic E-state index is 12.5. The largest absolute Gasteiger partial charge is 0.452 e. The van der Waals surface area contributed by atoms with E-state index in [0.717, 1.165) is 11.1 Å². The number of hydrogen-bond donors (Lipinski definition) is 2. The van der Waals surface area contributed by atoms with Crippen molar-refractivity contribution in [2.45, 2.75) is 26.9 Å². The highest BCUT2D eigenvalue weighted by molar-refractivity contribution is 6.31. The average Bonchev–Trinajstić information content (AvgIpc) is 3.06. The van der Waals surface area contributed by atoms with Crippen LogP contribution in [-0.2, 0) is 22.6 Å². The van der Waals surface area contributed by atoms with Crippen LogP contribution in [0.1, 0.15) is 32.9 Å². The van der Waals surface area contributed by atoms with Gasteiger partial charge in [-0.15, -0.1) is 0 Å². The number of nitrogens with one attached hydrogen (secondary N) is 2. The van der Waals surface area contributed by atoms with Gasteiger partial charge < -0.3 is 10.1 Å². The third-order valence-corrected chi connectivity index (χ3v) is 5.12. The van der Waals surface area contributed by atoms with Gasteiger partial charge in [0.05, 0.1) is 17.9 Å². The molecule has 8 nitrogen and oxygen atoms in total. The van der Waals surface area contributed by atoms with E-state index in [1.165, 1.54) is 0 Å². The molecular formula is C23H23ClN4O4. The van der Waals surface area contributed by atoms with Crippen molar-refractivity contribution in [1.29, 1.82) is 0 Å². The van der Waals surface area contributed by atoms with Crippen molar-refractivity contribution in [2.75, 3.05) is 6.61 Å². The molecule has 0 atom stereocenters. The SMILES string of the molecule is Cc1nn(Cc2ccccc2Cl)c(C)c1C(=O)OCC(=O)NC(=O)NCc1ccccc1. The Kier molecular flexibility index (Phi) is 7.62. The lowest BCUT2D eigenvalue weighted by molar-refractivity contribution is -0.123. The van der Waals surface area contributed by atoms with Crippen LogP contribution in [0.15, 0.2) is 54.6 Å². The number of rotatable bonds is 7. The van der Waals surface area contributed by atoms with Gasteiger partial charge >= 0.3 is 12.0 Å². The molecule has 1 heterocycles. The number of aryl methyl sites for hydroxylation is 1. The first-order valence-corrected chi connectivity index (χ1v) is 10.3. The molecule has 0 saturated heterocycles. The highest BCUT2D eigenvalue weighted by Gasteiger charge is 2.21. The smallest absolute Gasteiger partial charge is 0.342 e. The van der Waals surface area contributed by atoms with E-state index in [9.17, 15) is 14.4 Å². The first kappa shape index (κ1) is 23.0. The number of amides is 3. The van der Waals surface area contributed by atoms with Crippen molar-refractivity contribution in [3.63, 3.8) is 0 Å². The number of carbonyl (C=O) groups excluding carboxylic acids is 3. The van der Waals surface area contributed by atoms with Crippen LogP contribution in [0.2, 0.25) is 5.02 Å². The van der Waals surface area contributed by atoms with E-state index < -0.39 is 24.5 Å². The zero-order chi connectivity index (χ0) is 23.1. The van der Waals surface area contributed by atoms with Crippen LogP contribution >= 0.6 is 11.6 Å². The summed E-state index contributed by atoms with van der Waals surface area (Å²) in [7, 11) is 0. The van der Waals surface area contributed by atoms with Gasteiger partial charge in [-0.2, -0.15) is 5.10 Å². The van der Waals surface area contributed by atoms with Gasteiger partial charge in [-0.25, -0.2) is 9.59 Å². The first-order chi connectivity index (χ1) is 15.3. The molecule has 0 radical (unpaired) electrons. The molecule has 1 aromatic heterocycles. The highest BCUT2D eigenvalue weighted by atomic mass is 35.5. The van der Waals surface area contributed by atoms with Gasteiger partial charge in [-0.3, -0.25) is 14.8 Å². The topological polar surface area (TPSA) is 102 Å². The number of imide groups is 1. The van der Waals surface area contributed by atoms with Crippen LogP contribution in [0.5, 0.6) is 0 Å². The number of nitrogens with zero attached hydrogens (tertiary/aromatic N) is 2. The lowest BCUT2D eigenvalue weighted by Crippen LogP contribution is -2.41. The van der Waals surface area contributed by atoms with E-state index in [0.29, 0.717) is 23.0 Å². The predicted molar refractivity (Wildman–Crippen MR) is 119 cm³/mol. The number of benzene rings is 2. The summed E-state index contributed by atoms with van der Waals surface area (Å²) in [5, 5.41) is 9.68. The Balaban J connectivity index is 1.53. The Morgan fingerprint density at radius 3 is 2.44 bits per heavy atom. The Morgan fingerprint density at radius 2 is 1.72 bits per heavy atom. The Labute approximate surface area is 190 Å². The monoisotopic (exact) mass is 454 g/mol. The van der Waals surface area contributed by atoms with Gasteiger partial charge in [-0.1, -0.05) is 60.1 Å². The molecule has 3 aromatic rings. The van der Waals surface area contributed by atoms with Gasteiger partial charge in [0.1, 0.15) is 5.56 Å². The van der Waals surface area contributed by atoms with Crippen LogP contribution in [0, 0.1) is 13.8 Å². The number of hydrogen-bond acceptors (Lipinski definition) is 5. The fourth-order valence-corrected chi connectivity index (χ4v) is 3.32. The number of carbonyl (C=O) groups is 3. The minimum Gasteiger partial charge on any atom is -0.452 e. The second kappa shape index (κ2) is 10.6. The van der Waals surface area contributed by atoms with Gasteiger partial charge in [0.25, 0.3) is 5.91 Å². The third kappa shape index (κ3) is 5.95. The van der Waals surface area contributed by atoms with E-state index >= 15 is 0 Å². The molecule has 0 unspecified atom stereocenters. The molecule has 0 spiro atoms. The summed E-state index contributed by atoms with van der Waals surface area (Å²) in [5.41, 5.74) is 3.09.